The third kappa shape index (κ3) is 10.8. The molecule has 2 N–H and O–H groups in total. The maximum atomic E-state index is 10.2. The molecule has 0 aromatic carbocycles. The number of rotatable bonds is 5. The molecule has 7 heteroatoms. The van der Waals surface area contributed by atoms with Crippen LogP contribution >= 0.6 is 0 Å². The largest absolute Gasteiger partial charge is 1.00 e. The van der Waals surface area contributed by atoms with E-state index in [0.29, 0.717) is 0 Å². The van der Waals surface area contributed by atoms with Gasteiger partial charge in [0.1, 0.15) is 0 Å². The molecule has 1 unspecified atom stereocenters. The fourth-order valence-corrected chi connectivity index (χ4v) is 0.706. The Hall–Kier alpha value is 0.900. The van der Waals surface area contributed by atoms with Gasteiger partial charge in [0.25, 0.3) is 0 Å². The third-order valence-corrected chi connectivity index (χ3v) is 1.26. The van der Waals surface area contributed by atoms with Crippen LogP contribution in [0.4, 0.5) is 0 Å². The zero-order valence-corrected chi connectivity index (χ0v) is 11.9. The second-order valence-electron chi connectivity index (χ2n) is 2.17. The number of hydrogen-bond acceptors (Lipinski definition) is 5. The van der Waals surface area contributed by atoms with Gasteiger partial charge in [0.05, 0.1) is 0 Å². The molecule has 0 bridgehead atoms. The minimum Gasteiger partial charge on any atom is -0.550 e. The van der Waals surface area contributed by atoms with Crippen LogP contribution in [0.2, 0.25) is 0 Å². The van der Waals surface area contributed by atoms with E-state index < -0.39 is 24.3 Å². The first-order valence-electron chi connectivity index (χ1n) is 3.18. The Balaban J connectivity index is -0.000000500. The number of carbonyl (C=O) groups excluding carboxylic acids is 2. The van der Waals surface area contributed by atoms with Gasteiger partial charge in [-0.05, 0) is 19.4 Å². The SMILES string of the molecule is NCCC(CC(=O)[O-])C(=O)[O-].[Na+].[Na+]. The Morgan fingerprint density at radius 1 is 1.23 bits per heavy atom. The van der Waals surface area contributed by atoms with Gasteiger partial charge in [0, 0.05) is 17.9 Å². The molecule has 0 fully saturated rings. The number of hydrogen-bond donors (Lipinski definition) is 1. The molecule has 0 aliphatic rings. The molecule has 0 saturated carbocycles. The summed E-state index contributed by atoms with van der Waals surface area (Å²) in [5.74, 6) is -3.81. The monoisotopic (exact) mass is 205 g/mol. The van der Waals surface area contributed by atoms with E-state index in [1.807, 2.05) is 0 Å². The van der Waals surface area contributed by atoms with E-state index >= 15 is 0 Å². The molecule has 0 heterocycles. The van der Waals surface area contributed by atoms with E-state index in [4.69, 9.17) is 5.73 Å². The Kier molecular flexibility index (Phi) is 16.4. The fourth-order valence-electron chi connectivity index (χ4n) is 0.706. The molecule has 0 rings (SSSR count). The Labute approximate surface area is 121 Å². The van der Waals surface area contributed by atoms with Gasteiger partial charge in [-0.3, -0.25) is 0 Å². The van der Waals surface area contributed by atoms with Crippen molar-refractivity contribution in [2.45, 2.75) is 12.8 Å². The summed E-state index contributed by atoms with van der Waals surface area (Å²) in [6, 6.07) is 0. The topological polar surface area (TPSA) is 106 Å². The molecule has 0 aromatic rings. The van der Waals surface area contributed by atoms with Crippen LogP contribution < -0.4 is 75.1 Å². The first-order valence-corrected chi connectivity index (χ1v) is 3.18. The molecule has 0 aromatic heterocycles. The van der Waals surface area contributed by atoms with Gasteiger partial charge in [-0.1, -0.05) is 0 Å². The van der Waals surface area contributed by atoms with E-state index in [-0.39, 0.29) is 72.1 Å². The van der Waals surface area contributed by atoms with Crippen molar-refractivity contribution in [3.63, 3.8) is 0 Å². The molecule has 0 spiro atoms. The van der Waals surface area contributed by atoms with Gasteiger partial charge < -0.3 is 25.5 Å². The fraction of sp³-hybridized carbons (Fsp3) is 0.667. The Morgan fingerprint density at radius 2 is 1.69 bits per heavy atom. The minimum atomic E-state index is -1.40. The molecule has 0 aliphatic carbocycles. The standard InChI is InChI=1S/C6H11NO4.2Na/c7-2-1-4(6(10)11)3-5(8)9;;/h4H,1-3,7H2,(H,8,9)(H,10,11);;/q;2*+1/p-2. The average molecular weight is 205 g/mol. The van der Waals surface area contributed by atoms with Crippen molar-refractivity contribution in [1.82, 2.24) is 0 Å². The summed E-state index contributed by atoms with van der Waals surface area (Å²) in [5.41, 5.74) is 5.04. The second-order valence-corrected chi connectivity index (χ2v) is 2.17. The van der Waals surface area contributed by atoms with Crippen LogP contribution in [0.1, 0.15) is 12.8 Å². The quantitative estimate of drug-likeness (QED) is 0.448. The molecule has 13 heavy (non-hydrogen) atoms. The average Bonchev–Trinajstić information content (AvgIpc) is 1.86. The summed E-state index contributed by atoms with van der Waals surface area (Å²) < 4.78 is 0. The zero-order valence-electron chi connectivity index (χ0n) is 7.91. The predicted molar refractivity (Wildman–Crippen MR) is 31.8 cm³/mol. The van der Waals surface area contributed by atoms with Crippen molar-refractivity contribution in [2.24, 2.45) is 11.7 Å². The van der Waals surface area contributed by atoms with Crippen LogP contribution in [-0.4, -0.2) is 18.5 Å². The van der Waals surface area contributed by atoms with E-state index in [1.165, 1.54) is 0 Å². The van der Waals surface area contributed by atoms with E-state index in [2.05, 4.69) is 0 Å². The van der Waals surface area contributed by atoms with Gasteiger partial charge in [-0.15, -0.1) is 0 Å². The van der Waals surface area contributed by atoms with Crippen LogP contribution in [0.5, 0.6) is 0 Å². The van der Waals surface area contributed by atoms with Crippen LogP contribution in [-0.2, 0) is 9.59 Å². The first-order chi connectivity index (χ1) is 5.07. The number of carboxylic acids is 2. The molecule has 0 amide bonds. The summed E-state index contributed by atoms with van der Waals surface area (Å²) in [5, 5.41) is 20.1. The van der Waals surface area contributed by atoms with Crippen LogP contribution in [0, 0.1) is 5.92 Å². The maximum absolute atomic E-state index is 10.2. The normalized spacial score (nSPS) is 10.5. The van der Waals surface area contributed by atoms with Crippen molar-refractivity contribution < 1.29 is 78.9 Å². The molecule has 0 aliphatic heterocycles. The summed E-state index contributed by atoms with van der Waals surface area (Å²) in [6.45, 7) is 0.131. The van der Waals surface area contributed by atoms with Gasteiger partial charge >= 0.3 is 59.1 Å². The molecule has 1 atom stereocenters. The van der Waals surface area contributed by atoms with E-state index in [0.717, 1.165) is 0 Å². The summed E-state index contributed by atoms with van der Waals surface area (Å²) in [6.07, 6.45) is -0.421. The summed E-state index contributed by atoms with van der Waals surface area (Å²) in [4.78, 5) is 20.1. The summed E-state index contributed by atoms with van der Waals surface area (Å²) in [7, 11) is 0. The van der Waals surface area contributed by atoms with Gasteiger partial charge in [0.15, 0.2) is 0 Å². The summed E-state index contributed by atoms with van der Waals surface area (Å²) >= 11 is 0. The van der Waals surface area contributed by atoms with Gasteiger partial charge in [0.2, 0.25) is 0 Å². The van der Waals surface area contributed by atoms with Crippen molar-refractivity contribution in [2.75, 3.05) is 6.54 Å². The van der Waals surface area contributed by atoms with Crippen LogP contribution in [0.3, 0.4) is 0 Å². The first kappa shape index (κ1) is 19.5. The number of carboxylic acid groups (broad SMARTS) is 2. The molecule has 5 nitrogen and oxygen atoms in total. The van der Waals surface area contributed by atoms with Crippen molar-refractivity contribution in [3.8, 4) is 0 Å². The van der Waals surface area contributed by atoms with Gasteiger partial charge in [-0.25, -0.2) is 0 Å². The van der Waals surface area contributed by atoms with Crippen molar-refractivity contribution in [3.05, 3.63) is 0 Å². The number of aliphatic carboxylic acids is 2. The molecule has 0 saturated heterocycles. The van der Waals surface area contributed by atoms with Crippen molar-refractivity contribution in [1.29, 1.82) is 0 Å². The Morgan fingerprint density at radius 3 is 1.92 bits per heavy atom. The smallest absolute Gasteiger partial charge is 0.550 e. The maximum Gasteiger partial charge on any atom is 1.00 e. The minimum absolute atomic E-state index is 0. The van der Waals surface area contributed by atoms with Gasteiger partial charge in [-0.2, -0.15) is 0 Å². The van der Waals surface area contributed by atoms with E-state index in [1.54, 1.807) is 0 Å². The molecule has 0 radical (unpaired) electrons. The van der Waals surface area contributed by atoms with E-state index in [9.17, 15) is 19.8 Å². The van der Waals surface area contributed by atoms with Crippen LogP contribution in [0.15, 0.2) is 0 Å². The number of carbonyl (C=O) groups is 2. The predicted octanol–water partition coefficient (Wildman–Crippen LogP) is -9.15. The zero-order chi connectivity index (χ0) is 8.85. The van der Waals surface area contributed by atoms with Crippen molar-refractivity contribution >= 4 is 11.9 Å². The third-order valence-electron chi connectivity index (χ3n) is 1.26. The Bertz CT molecular complexity index is 165. The second kappa shape index (κ2) is 11.0. The molecular formula is C6H9NNa2O4. The van der Waals surface area contributed by atoms with Crippen LogP contribution in [0.25, 0.3) is 0 Å². The molecular weight excluding hydrogens is 196 g/mol. The number of nitrogens with two attached hydrogens (primary N) is 1. The molecule has 64 valence electrons.